The molecule has 0 radical (unpaired) electrons. The fourth-order valence-electron chi connectivity index (χ4n) is 0. The van der Waals surface area contributed by atoms with Gasteiger partial charge in [0.05, 0.1) is 0 Å². The zero-order chi connectivity index (χ0) is 8.78. The molecule has 0 aromatic heterocycles. The van der Waals surface area contributed by atoms with Gasteiger partial charge in [0.1, 0.15) is 0 Å². The van der Waals surface area contributed by atoms with Crippen LogP contribution in [-0.2, 0) is 14.7 Å². The third-order valence-corrected chi connectivity index (χ3v) is 0.274. The standard InChI is InChI=1S/CH4N2S.K.H2O5S/c2-1(3)4;;1-5-6(2,3)4/h(H4,2,3,4);;1H,(H,2,3,4)/q;+1;/p-1. The van der Waals surface area contributed by atoms with E-state index in [0.717, 1.165) is 0 Å². The molecule has 0 aliphatic rings. The monoisotopic (exact) mass is 228 g/mol. The second-order valence-corrected chi connectivity index (χ2v) is 2.32. The van der Waals surface area contributed by atoms with E-state index in [1.54, 1.807) is 0 Å². The van der Waals surface area contributed by atoms with Crippen LogP contribution in [0.3, 0.4) is 0 Å². The molecule has 0 saturated carbocycles. The van der Waals surface area contributed by atoms with Crippen molar-refractivity contribution in [1.82, 2.24) is 0 Å². The summed E-state index contributed by atoms with van der Waals surface area (Å²) in [5.74, 6) is 0. The van der Waals surface area contributed by atoms with Gasteiger partial charge in [-0.2, -0.15) is 0 Å². The topological polar surface area (TPSA) is 139 Å². The van der Waals surface area contributed by atoms with Gasteiger partial charge in [0.2, 0.25) is 10.4 Å². The van der Waals surface area contributed by atoms with Crippen molar-refractivity contribution in [3.8, 4) is 0 Å². The van der Waals surface area contributed by atoms with Gasteiger partial charge in [0.25, 0.3) is 0 Å². The minimum absolute atomic E-state index is 0. The molecular formula is CH5KN2O5S2. The predicted octanol–water partition coefficient (Wildman–Crippen LogP) is -4.87. The molecule has 0 bridgehead atoms. The van der Waals surface area contributed by atoms with Gasteiger partial charge in [-0.3, -0.25) is 0 Å². The van der Waals surface area contributed by atoms with Gasteiger partial charge in [0.15, 0.2) is 5.11 Å². The maximum absolute atomic E-state index is 8.97. The molecule has 7 nitrogen and oxygen atoms in total. The van der Waals surface area contributed by atoms with Crippen molar-refractivity contribution < 1.29 is 73.9 Å². The Morgan fingerprint density at radius 1 is 1.55 bits per heavy atom. The molecule has 0 aromatic rings. The first-order chi connectivity index (χ1) is 4.29. The average molecular weight is 228 g/mol. The van der Waals surface area contributed by atoms with Crippen molar-refractivity contribution in [3.63, 3.8) is 0 Å². The van der Waals surface area contributed by atoms with Crippen molar-refractivity contribution >= 4 is 27.7 Å². The molecule has 0 fully saturated rings. The second-order valence-electron chi connectivity index (χ2n) is 0.885. The Labute approximate surface area is 111 Å². The van der Waals surface area contributed by atoms with E-state index in [4.69, 9.17) is 18.2 Å². The van der Waals surface area contributed by atoms with Crippen LogP contribution in [0.1, 0.15) is 0 Å². The van der Waals surface area contributed by atoms with Crippen LogP contribution in [0, 0.1) is 0 Å². The maximum Gasteiger partial charge on any atom is 1.00 e. The van der Waals surface area contributed by atoms with Crippen LogP contribution >= 0.6 is 12.2 Å². The first-order valence-corrected chi connectivity index (χ1v) is 3.37. The van der Waals surface area contributed by atoms with E-state index >= 15 is 0 Å². The van der Waals surface area contributed by atoms with E-state index < -0.39 is 10.4 Å². The van der Waals surface area contributed by atoms with Gasteiger partial charge in [-0.1, -0.05) is 0 Å². The van der Waals surface area contributed by atoms with Gasteiger partial charge < -0.3 is 16.0 Å². The van der Waals surface area contributed by atoms with E-state index in [1.165, 1.54) is 0 Å². The van der Waals surface area contributed by atoms with E-state index in [1.807, 2.05) is 0 Å². The number of hydrogen-bond donors (Lipinski definition) is 3. The van der Waals surface area contributed by atoms with Gasteiger partial charge in [0, 0.05) is 0 Å². The van der Waals surface area contributed by atoms with Crippen molar-refractivity contribution in [2.24, 2.45) is 11.5 Å². The number of nitrogens with two attached hydrogens (primary N) is 2. The first-order valence-electron chi connectivity index (χ1n) is 1.63. The molecule has 0 aliphatic heterocycles. The second kappa shape index (κ2) is 9.25. The third-order valence-electron chi connectivity index (χ3n) is 0.0913. The average Bonchev–Trinajstić information content (AvgIpc) is 1.63. The molecule has 0 rings (SSSR count). The Hall–Kier alpha value is 1.16. The van der Waals surface area contributed by atoms with Crippen LogP contribution in [0.15, 0.2) is 0 Å². The van der Waals surface area contributed by atoms with Crippen LogP contribution in [0.2, 0.25) is 0 Å². The smallest absolute Gasteiger partial charge is 0.724 e. The molecule has 0 saturated heterocycles. The summed E-state index contributed by atoms with van der Waals surface area (Å²) in [6.45, 7) is 0. The van der Waals surface area contributed by atoms with Gasteiger partial charge in [-0.05, 0) is 12.2 Å². The molecule has 0 amide bonds. The molecule has 5 N–H and O–H groups in total. The Bertz CT molecular complexity index is 185. The number of hydrogen-bond acceptors (Lipinski definition) is 6. The van der Waals surface area contributed by atoms with E-state index in [2.05, 4.69) is 28.0 Å². The number of thiocarbonyl (C=S) groups is 1. The fourth-order valence-corrected chi connectivity index (χ4v) is 0. The largest absolute Gasteiger partial charge is 1.00 e. The summed E-state index contributed by atoms with van der Waals surface area (Å²) in [5.41, 5.74) is 9.24. The fraction of sp³-hybridized carbons (Fsp3) is 0. The summed E-state index contributed by atoms with van der Waals surface area (Å²) in [6.07, 6.45) is 0. The van der Waals surface area contributed by atoms with Crippen molar-refractivity contribution in [3.05, 3.63) is 0 Å². The zero-order valence-electron chi connectivity index (χ0n) is 5.55. The summed E-state index contributed by atoms with van der Waals surface area (Å²) in [7, 11) is -4.86. The van der Waals surface area contributed by atoms with Crippen molar-refractivity contribution in [2.45, 2.75) is 0 Å². The molecular weight excluding hydrogens is 223 g/mol. The van der Waals surface area contributed by atoms with E-state index in [-0.39, 0.29) is 56.5 Å². The van der Waals surface area contributed by atoms with Crippen LogP contribution < -0.4 is 62.9 Å². The molecule has 0 atom stereocenters. The Balaban J connectivity index is -0.000000114. The molecule has 0 unspecified atom stereocenters. The predicted molar refractivity (Wildman–Crippen MR) is 34.4 cm³/mol. The Kier molecular flexibility index (Phi) is 15.2. The minimum Gasteiger partial charge on any atom is -0.724 e. The van der Waals surface area contributed by atoms with Gasteiger partial charge in [-0.25, -0.2) is 13.7 Å². The van der Waals surface area contributed by atoms with Crippen molar-refractivity contribution in [1.29, 1.82) is 0 Å². The summed E-state index contributed by atoms with van der Waals surface area (Å²) in [5, 5.41) is 7.00. The van der Waals surface area contributed by atoms with Crippen LogP contribution in [-0.4, -0.2) is 23.3 Å². The maximum atomic E-state index is 8.97. The molecule has 0 heterocycles. The SMILES string of the molecule is NC(N)=S.O=S(=O)([O-])OO.[K+]. The Morgan fingerprint density at radius 3 is 1.64 bits per heavy atom. The van der Waals surface area contributed by atoms with E-state index in [9.17, 15) is 0 Å². The van der Waals surface area contributed by atoms with Gasteiger partial charge >= 0.3 is 51.4 Å². The minimum atomic E-state index is -4.86. The molecule has 11 heavy (non-hydrogen) atoms. The molecule has 0 aromatic carbocycles. The quantitative estimate of drug-likeness (QED) is 0.101. The third kappa shape index (κ3) is 54.1. The van der Waals surface area contributed by atoms with Crippen molar-refractivity contribution in [2.75, 3.05) is 0 Å². The van der Waals surface area contributed by atoms with Crippen LogP contribution in [0.5, 0.6) is 0 Å². The summed E-state index contributed by atoms with van der Waals surface area (Å²) >= 11 is 4.09. The van der Waals surface area contributed by atoms with E-state index in [0.29, 0.717) is 0 Å². The van der Waals surface area contributed by atoms with Crippen LogP contribution in [0.25, 0.3) is 0 Å². The van der Waals surface area contributed by atoms with Gasteiger partial charge in [-0.15, -0.1) is 4.33 Å². The molecule has 0 aliphatic carbocycles. The summed E-state index contributed by atoms with van der Waals surface area (Å²) in [4.78, 5) is 0. The molecule has 0 spiro atoms. The first kappa shape index (κ1) is 18.0. The normalized spacial score (nSPS) is 8.55. The molecule has 62 valence electrons. The zero-order valence-corrected chi connectivity index (χ0v) is 10.3. The van der Waals surface area contributed by atoms with Crippen LogP contribution in [0.4, 0.5) is 0 Å². The number of rotatable bonds is 1. The summed E-state index contributed by atoms with van der Waals surface area (Å²) in [6, 6.07) is 0. The summed E-state index contributed by atoms with van der Waals surface area (Å²) < 4.78 is 29.3. The Morgan fingerprint density at radius 2 is 1.64 bits per heavy atom. The molecule has 10 heteroatoms.